The summed E-state index contributed by atoms with van der Waals surface area (Å²) in [6.45, 7) is 7.09. The van der Waals surface area contributed by atoms with Crippen molar-refractivity contribution in [1.29, 1.82) is 0 Å². The van der Waals surface area contributed by atoms with Gasteiger partial charge in [0.1, 0.15) is 0 Å². The van der Waals surface area contributed by atoms with Crippen molar-refractivity contribution in [2.24, 2.45) is 23.7 Å². The summed E-state index contributed by atoms with van der Waals surface area (Å²) in [6.07, 6.45) is 8.37. The van der Waals surface area contributed by atoms with E-state index in [1.165, 1.54) is 32.1 Å². The first kappa shape index (κ1) is 17.4. The standard InChI is InChI=1S/C19H33N5O/c1-13(2)24-19(20-21-22-24)12-23(8-5-9-25-3)18-11-14-10-17(18)16-7-4-6-15(14)16/h13-18H,4-12H2,1-3H3. The fourth-order valence-electron chi connectivity index (χ4n) is 6.13. The van der Waals surface area contributed by atoms with Gasteiger partial charge < -0.3 is 4.74 Å². The molecular formula is C19H33N5O. The highest BCUT2D eigenvalue weighted by Gasteiger charge is 2.54. The number of fused-ring (bicyclic) bond motifs is 5. The Balaban J connectivity index is 1.49. The van der Waals surface area contributed by atoms with Crippen molar-refractivity contribution in [3.8, 4) is 0 Å². The summed E-state index contributed by atoms with van der Waals surface area (Å²) >= 11 is 0. The molecule has 3 saturated carbocycles. The van der Waals surface area contributed by atoms with E-state index >= 15 is 0 Å². The van der Waals surface area contributed by atoms with Crippen molar-refractivity contribution in [1.82, 2.24) is 25.1 Å². The molecule has 0 saturated heterocycles. The third-order valence-corrected chi connectivity index (χ3v) is 7.05. The van der Waals surface area contributed by atoms with Crippen molar-refractivity contribution < 1.29 is 4.74 Å². The second-order valence-corrected chi connectivity index (χ2v) is 8.67. The maximum absolute atomic E-state index is 5.31. The first-order valence-electron chi connectivity index (χ1n) is 10.2. The maximum atomic E-state index is 5.31. The molecule has 2 bridgehead atoms. The highest BCUT2D eigenvalue weighted by atomic mass is 16.5. The number of rotatable bonds is 8. The first-order chi connectivity index (χ1) is 12.2. The monoisotopic (exact) mass is 347 g/mol. The van der Waals surface area contributed by atoms with Crippen molar-refractivity contribution in [3.05, 3.63) is 5.82 Å². The Labute approximate surface area is 151 Å². The van der Waals surface area contributed by atoms with Crippen LogP contribution in [0.2, 0.25) is 0 Å². The van der Waals surface area contributed by atoms with Crippen molar-refractivity contribution in [2.45, 2.75) is 71.0 Å². The fourth-order valence-corrected chi connectivity index (χ4v) is 6.13. The summed E-state index contributed by atoms with van der Waals surface area (Å²) in [5, 5.41) is 12.5. The third-order valence-electron chi connectivity index (χ3n) is 7.05. The minimum atomic E-state index is 0.310. The van der Waals surface area contributed by atoms with Gasteiger partial charge in [-0.15, -0.1) is 5.10 Å². The van der Waals surface area contributed by atoms with Gasteiger partial charge in [-0.25, -0.2) is 4.68 Å². The summed E-state index contributed by atoms with van der Waals surface area (Å²) in [5.74, 6) is 4.94. The van der Waals surface area contributed by atoms with Gasteiger partial charge in [0.15, 0.2) is 5.82 Å². The summed E-state index contributed by atoms with van der Waals surface area (Å²) in [7, 11) is 1.80. The molecule has 0 aromatic carbocycles. The fraction of sp³-hybridized carbons (Fsp3) is 0.947. The molecule has 0 radical (unpaired) electrons. The summed E-state index contributed by atoms with van der Waals surface area (Å²) in [6, 6.07) is 1.03. The largest absolute Gasteiger partial charge is 0.385 e. The van der Waals surface area contributed by atoms with Gasteiger partial charge in [-0.1, -0.05) is 6.42 Å². The molecule has 3 aliphatic carbocycles. The zero-order valence-corrected chi connectivity index (χ0v) is 16.0. The van der Waals surface area contributed by atoms with Gasteiger partial charge in [0.05, 0.1) is 12.6 Å². The van der Waals surface area contributed by atoms with Gasteiger partial charge in [0, 0.05) is 26.3 Å². The second kappa shape index (κ2) is 7.31. The van der Waals surface area contributed by atoms with Crippen molar-refractivity contribution in [2.75, 3.05) is 20.3 Å². The van der Waals surface area contributed by atoms with Gasteiger partial charge >= 0.3 is 0 Å². The van der Waals surface area contributed by atoms with E-state index in [0.29, 0.717) is 6.04 Å². The first-order valence-corrected chi connectivity index (χ1v) is 10.2. The number of hydrogen-bond acceptors (Lipinski definition) is 5. The predicted octanol–water partition coefficient (Wildman–Crippen LogP) is 2.92. The molecule has 140 valence electrons. The zero-order valence-electron chi connectivity index (χ0n) is 16.0. The minimum Gasteiger partial charge on any atom is -0.385 e. The van der Waals surface area contributed by atoms with Gasteiger partial charge in [0.2, 0.25) is 0 Å². The molecule has 0 spiro atoms. The van der Waals surface area contributed by atoms with Gasteiger partial charge in [-0.3, -0.25) is 4.90 Å². The van der Waals surface area contributed by atoms with E-state index in [0.717, 1.165) is 61.7 Å². The Bertz CT molecular complexity index is 574. The normalized spacial score (nSPS) is 33.7. The molecule has 5 atom stereocenters. The smallest absolute Gasteiger partial charge is 0.165 e. The lowest BCUT2D eigenvalue weighted by Crippen LogP contribution is -2.43. The topological polar surface area (TPSA) is 56.1 Å². The highest BCUT2D eigenvalue weighted by molar-refractivity contribution is 5.06. The number of hydrogen-bond donors (Lipinski definition) is 0. The van der Waals surface area contributed by atoms with E-state index < -0.39 is 0 Å². The molecule has 6 nitrogen and oxygen atoms in total. The van der Waals surface area contributed by atoms with Gasteiger partial charge in [0.25, 0.3) is 0 Å². The second-order valence-electron chi connectivity index (χ2n) is 8.67. The third kappa shape index (κ3) is 3.23. The molecule has 5 unspecified atom stereocenters. The number of ether oxygens (including phenoxy) is 1. The van der Waals surface area contributed by atoms with Crippen molar-refractivity contribution in [3.63, 3.8) is 0 Å². The SMILES string of the molecule is COCCCN(Cc1nnnn1C(C)C)C1CC2CC1C1CCCC21. The van der Waals surface area contributed by atoms with Crippen LogP contribution in [-0.4, -0.2) is 51.4 Å². The lowest BCUT2D eigenvalue weighted by atomic mass is 9.78. The number of aromatic nitrogens is 4. The van der Waals surface area contributed by atoms with Crippen LogP contribution in [0.25, 0.3) is 0 Å². The zero-order chi connectivity index (χ0) is 17.4. The van der Waals surface area contributed by atoms with Crippen LogP contribution in [0.5, 0.6) is 0 Å². The van der Waals surface area contributed by atoms with Gasteiger partial charge in [-0.2, -0.15) is 0 Å². The average Bonchev–Trinajstić information content (AvgIpc) is 3.34. The Morgan fingerprint density at radius 2 is 2.04 bits per heavy atom. The molecule has 0 N–H and O–H groups in total. The lowest BCUT2D eigenvalue weighted by molar-refractivity contribution is 0.0743. The van der Waals surface area contributed by atoms with E-state index in [4.69, 9.17) is 4.74 Å². The van der Waals surface area contributed by atoms with E-state index in [9.17, 15) is 0 Å². The number of tetrazole rings is 1. The van der Waals surface area contributed by atoms with Crippen LogP contribution in [0.3, 0.4) is 0 Å². The van der Waals surface area contributed by atoms with E-state index in [2.05, 4.69) is 34.3 Å². The number of methoxy groups -OCH3 is 1. The molecule has 0 amide bonds. The Morgan fingerprint density at radius 3 is 2.84 bits per heavy atom. The summed E-state index contributed by atoms with van der Waals surface area (Å²) < 4.78 is 7.29. The maximum Gasteiger partial charge on any atom is 0.165 e. The Morgan fingerprint density at radius 1 is 1.20 bits per heavy atom. The molecule has 1 aromatic heterocycles. The van der Waals surface area contributed by atoms with Crippen LogP contribution < -0.4 is 0 Å². The van der Waals surface area contributed by atoms with Crippen LogP contribution in [0.15, 0.2) is 0 Å². The number of nitrogens with zero attached hydrogens (tertiary/aromatic N) is 5. The van der Waals surface area contributed by atoms with Crippen LogP contribution in [0, 0.1) is 23.7 Å². The van der Waals surface area contributed by atoms with Crippen LogP contribution in [0.1, 0.15) is 64.2 Å². The molecule has 25 heavy (non-hydrogen) atoms. The Hall–Kier alpha value is -1.01. The molecule has 3 aliphatic rings. The van der Waals surface area contributed by atoms with E-state index in [1.54, 1.807) is 7.11 Å². The molecule has 1 aromatic rings. The summed E-state index contributed by atoms with van der Waals surface area (Å²) in [5.41, 5.74) is 0. The highest BCUT2D eigenvalue weighted by Crippen LogP contribution is 2.59. The van der Waals surface area contributed by atoms with Crippen LogP contribution in [0.4, 0.5) is 0 Å². The van der Waals surface area contributed by atoms with Crippen LogP contribution in [-0.2, 0) is 11.3 Å². The van der Waals surface area contributed by atoms with E-state index in [-0.39, 0.29) is 0 Å². The molecular weight excluding hydrogens is 314 g/mol. The molecule has 1 heterocycles. The molecule has 4 rings (SSSR count). The minimum absolute atomic E-state index is 0.310. The molecule has 0 aliphatic heterocycles. The predicted molar refractivity (Wildman–Crippen MR) is 95.9 cm³/mol. The molecule has 3 fully saturated rings. The van der Waals surface area contributed by atoms with Gasteiger partial charge in [-0.05, 0) is 80.0 Å². The van der Waals surface area contributed by atoms with Crippen molar-refractivity contribution >= 4 is 0 Å². The lowest BCUT2D eigenvalue weighted by Gasteiger charge is -2.39. The Kier molecular flexibility index (Phi) is 5.09. The molecule has 6 heteroatoms. The quantitative estimate of drug-likeness (QED) is 0.677. The van der Waals surface area contributed by atoms with Crippen LogP contribution >= 0.6 is 0 Å². The van der Waals surface area contributed by atoms with E-state index in [1.807, 2.05) is 4.68 Å². The average molecular weight is 348 g/mol. The summed E-state index contributed by atoms with van der Waals surface area (Å²) in [4.78, 5) is 2.68.